The van der Waals surface area contributed by atoms with E-state index in [-0.39, 0.29) is 17.3 Å². The Hall–Kier alpha value is -2.23. The number of carbonyl (C=O) groups is 1. The van der Waals surface area contributed by atoms with Crippen LogP contribution in [0.15, 0.2) is 36.5 Å². The molecule has 4 heteroatoms. The molecule has 0 aliphatic heterocycles. The highest BCUT2D eigenvalue weighted by Crippen LogP contribution is 2.12. The van der Waals surface area contributed by atoms with Gasteiger partial charge in [0.15, 0.2) is 11.5 Å². The molecule has 0 amide bonds. The summed E-state index contributed by atoms with van der Waals surface area (Å²) in [5.74, 6) is -0.0283. The zero-order chi connectivity index (χ0) is 11.5. The average molecular weight is 213 g/mol. The van der Waals surface area contributed by atoms with Gasteiger partial charge in [0.25, 0.3) is 0 Å². The van der Waals surface area contributed by atoms with Gasteiger partial charge >= 0.3 is 0 Å². The van der Waals surface area contributed by atoms with Crippen molar-refractivity contribution in [3.63, 3.8) is 0 Å². The van der Waals surface area contributed by atoms with Crippen molar-refractivity contribution >= 4 is 11.6 Å². The molecule has 80 valence electrons. The molecule has 2 aromatic rings. The number of aryl methyl sites for hydroxylation is 1. The van der Waals surface area contributed by atoms with Crippen molar-refractivity contribution in [2.24, 2.45) is 0 Å². The van der Waals surface area contributed by atoms with Crippen LogP contribution >= 0.6 is 0 Å². The molecule has 1 heterocycles. The molecule has 0 saturated heterocycles. The number of nitrogen functional groups attached to an aromatic ring is 1. The number of carbonyl (C=O) groups excluding carboxylic acids is 1. The van der Waals surface area contributed by atoms with Gasteiger partial charge < -0.3 is 5.73 Å². The third-order valence-corrected chi connectivity index (χ3v) is 2.17. The van der Waals surface area contributed by atoms with E-state index in [1.807, 2.05) is 6.07 Å². The highest BCUT2D eigenvalue weighted by molar-refractivity contribution is 6.10. The first-order chi connectivity index (χ1) is 7.68. The summed E-state index contributed by atoms with van der Waals surface area (Å²) < 4.78 is 0. The largest absolute Gasteiger partial charge is 0.382 e. The SMILES string of the molecule is Cc1cnc(C(=O)c2ccccc2)c(N)n1. The number of aromatic nitrogens is 2. The van der Waals surface area contributed by atoms with Crippen LogP contribution in [0, 0.1) is 6.92 Å². The van der Waals surface area contributed by atoms with Crippen molar-refractivity contribution in [3.8, 4) is 0 Å². The summed E-state index contributed by atoms with van der Waals surface area (Å²) >= 11 is 0. The van der Waals surface area contributed by atoms with Crippen molar-refractivity contribution in [2.45, 2.75) is 6.92 Å². The van der Waals surface area contributed by atoms with Crippen molar-refractivity contribution in [2.75, 3.05) is 5.73 Å². The fourth-order valence-electron chi connectivity index (χ4n) is 1.40. The number of benzene rings is 1. The third-order valence-electron chi connectivity index (χ3n) is 2.17. The minimum Gasteiger partial charge on any atom is -0.382 e. The second kappa shape index (κ2) is 4.10. The standard InChI is InChI=1S/C12H11N3O/c1-8-7-14-10(12(13)15-8)11(16)9-5-3-2-4-6-9/h2-7H,1H3,(H2,13,15). The molecule has 0 bridgehead atoms. The van der Waals surface area contributed by atoms with Crippen molar-refractivity contribution in [3.05, 3.63) is 53.5 Å². The second-order valence-corrected chi connectivity index (χ2v) is 3.44. The summed E-state index contributed by atoms with van der Waals surface area (Å²) in [6, 6.07) is 8.89. The van der Waals surface area contributed by atoms with Gasteiger partial charge in [-0.3, -0.25) is 4.79 Å². The van der Waals surface area contributed by atoms with Gasteiger partial charge in [0.2, 0.25) is 5.78 Å². The average Bonchev–Trinajstić information content (AvgIpc) is 2.29. The van der Waals surface area contributed by atoms with Gasteiger partial charge in [-0.05, 0) is 6.92 Å². The van der Waals surface area contributed by atoms with Crippen molar-refractivity contribution in [1.29, 1.82) is 0 Å². The molecule has 2 N–H and O–H groups in total. The zero-order valence-electron chi connectivity index (χ0n) is 8.84. The van der Waals surface area contributed by atoms with E-state index in [9.17, 15) is 4.79 Å². The van der Waals surface area contributed by atoms with E-state index in [0.717, 1.165) is 0 Å². The summed E-state index contributed by atoms with van der Waals surface area (Å²) in [6.45, 7) is 1.78. The number of hydrogen-bond donors (Lipinski definition) is 1. The summed E-state index contributed by atoms with van der Waals surface area (Å²) in [5.41, 5.74) is 7.13. The van der Waals surface area contributed by atoms with Gasteiger partial charge in [0.05, 0.1) is 5.69 Å². The smallest absolute Gasteiger partial charge is 0.215 e. The molecule has 0 saturated carbocycles. The summed E-state index contributed by atoms with van der Waals surface area (Å²) in [5, 5.41) is 0. The number of ketones is 1. The van der Waals surface area contributed by atoms with E-state index in [1.54, 1.807) is 31.2 Å². The van der Waals surface area contributed by atoms with E-state index in [0.29, 0.717) is 11.3 Å². The number of nitrogens with zero attached hydrogens (tertiary/aromatic N) is 2. The highest BCUT2D eigenvalue weighted by Gasteiger charge is 2.14. The summed E-state index contributed by atoms with van der Waals surface area (Å²) in [7, 11) is 0. The van der Waals surface area contributed by atoms with E-state index in [4.69, 9.17) is 5.73 Å². The van der Waals surface area contributed by atoms with E-state index in [2.05, 4.69) is 9.97 Å². The van der Waals surface area contributed by atoms with Crippen LogP contribution < -0.4 is 5.73 Å². The molecule has 0 aliphatic rings. The highest BCUT2D eigenvalue weighted by atomic mass is 16.1. The molecule has 16 heavy (non-hydrogen) atoms. The molecule has 2 rings (SSSR count). The zero-order valence-corrected chi connectivity index (χ0v) is 8.84. The van der Waals surface area contributed by atoms with Crippen molar-refractivity contribution in [1.82, 2.24) is 9.97 Å². The minimum absolute atomic E-state index is 0.175. The van der Waals surface area contributed by atoms with Crippen LogP contribution in [0.25, 0.3) is 0 Å². The maximum atomic E-state index is 12.0. The number of rotatable bonds is 2. The lowest BCUT2D eigenvalue weighted by molar-refractivity contribution is 0.103. The normalized spacial score (nSPS) is 10.1. The number of nitrogens with two attached hydrogens (primary N) is 1. The number of anilines is 1. The lowest BCUT2D eigenvalue weighted by Crippen LogP contribution is -2.10. The Morgan fingerprint density at radius 1 is 1.25 bits per heavy atom. The summed E-state index contributed by atoms with van der Waals surface area (Å²) in [4.78, 5) is 20.0. The molecule has 0 atom stereocenters. The predicted molar refractivity (Wildman–Crippen MR) is 61.1 cm³/mol. The Bertz CT molecular complexity index is 523. The fraction of sp³-hybridized carbons (Fsp3) is 0.0833. The number of hydrogen-bond acceptors (Lipinski definition) is 4. The Labute approximate surface area is 93.2 Å². The molecule has 4 nitrogen and oxygen atoms in total. The van der Waals surface area contributed by atoms with Crippen LogP contribution in [0.1, 0.15) is 21.7 Å². The van der Waals surface area contributed by atoms with Gasteiger partial charge in [0.1, 0.15) is 0 Å². The Morgan fingerprint density at radius 3 is 2.56 bits per heavy atom. The van der Waals surface area contributed by atoms with Gasteiger partial charge in [0, 0.05) is 11.8 Å². The molecular weight excluding hydrogens is 202 g/mol. The third kappa shape index (κ3) is 1.91. The molecule has 0 radical (unpaired) electrons. The summed E-state index contributed by atoms with van der Waals surface area (Å²) in [6.07, 6.45) is 1.53. The van der Waals surface area contributed by atoms with Crippen LogP contribution in [-0.2, 0) is 0 Å². The Balaban J connectivity index is 2.42. The predicted octanol–water partition coefficient (Wildman–Crippen LogP) is 1.60. The molecule has 0 fully saturated rings. The van der Waals surface area contributed by atoms with Gasteiger partial charge in [-0.1, -0.05) is 30.3 Å². The molecule has 1 aromatic heterocycles. The minimum atomic E-state index is -0.203. The van der Waals surface area contributed by atoms with E-state index in [1.165, 1.54) is 6.20 Å². The first-order valence-electron chi connectivity index (χ1n) is 4.87. The Morgan fingerprint density at radius 2 is 1.94 bits per heavy atom. The van der Waals surface area contributed by atoms with Crippen LogP contribution in [-0.4, -0.2) is 15.8 Å². The second-order valence-electron chi connectivity index (χ2n) is 3.44. The van der Waals surface area contributed by atoms with Gasteiger partial charge in [-0.25, -0.2) is 9.97 Å². The molecule has 1 aromatic carbocycles. The first kappa shape index (κ1) is 10.3. The van der Waals surface area contributed by atoms with E-state index < -0.39 is 0 Å². The lowest BCUT2D eigenvalue weighted by Gasteiger charge is -2.03. The van der Waals surface area contributed by atoms with Crippen LogP contribution in [0.2, 0.25) is 0 Å². The first-order valence-corrected chi connectivity index (χ1v) is 4.87. The Kier molecular flexibility index (Phi) is 2.64. The maximum Gasteiger partial charge on any atom is 0.215 e. The topological polar surface area (TPSA) is 68.9 Å². The quantitative estimate of drug-likeness (QED) is 0.769. The fourth-order valence-corrected chi connectivity index (χ4v) is 1.40. The van der Waals surface area contributed by atoms with Gasteiger partial charge in [-0.15, -0.1) is 0 Å². The van der Waals surface area contributed by atoms with Crippen LogP contribution in [0.4, 0.5) is 5.82 Å². The molecular formula is C12H11N3O. The molecule has 0 unspecified atom stereocenters. The maximum absolute atomic E-state index is 12.0. The van der Waals surface area contributed by atoms with E-state index >= 15 is 0 Å². The van der Waals surface area contributed by atoms with Crippen LogP contribution in [0.3, 0.4) is 0 Å². The lowest BCUT2D eigenvalue weighted by atomic mass is 10.1. The van der Waals surface area contributed by atoms with Crippen LogP contribution in [0.5, 0.6) is 0 Å². The molecule has 0 spiro atoms. The monoisotopic (exact) mass is 213 g/mol. The molecule has 0 aliphatic carbocycles. The van der Waals surface area contributed by atoms with Crippen molar-refractivity contribution < 1.29 is 4.79 Å². The van der Waals surface area contributed by atoms with Gasteiger partial charge in [-0.2, -0.15) is 0 Å².